The van der Waals surface area contributed by atoms with Gasteiger partial charge in [-0.15, -0.1) is 0 Å². The molecule has 1 aromatic carbocycles. The molecule has 1 aliphatic rings. The zero-order chi connectivity index (χ0) is 26.7. The number of hydrogen-bond donors (Lipinski definition) is 2. The molecule has 1 aliphatic carbocycles. The van der Waals surface area contributed by atoms with Gasteiger partial charge in [0.2, 0.25) is 5.91 Å². The highest BCUT2D eigenvalue weighted by Crippen LogP contribution is 2.66. The summed E-state index contributed by atoms with van der Waals surface area (Å²) in [5.41, 5.74) is -0.542. The number of halogens is 4. The van der Waals surface area contributed by atoms with Crippen molar-refractivity contribution in [1.82, 2.24) is 20.5 Å². The van der Waals surface area contributed by atoms with Crippen LogP contribution < -0.4 is 10.6 Å². The molecule has 1 heterocycles. The second-order valence-electron chi connectivity index (χ2n) is 9.61. The number of carbonyl (C=O) groups excluding carboxylic acids is 2. The normalized spacial score (nSPS) is 16.4. The summed E-state index contributed by atoms with van der Waals surface area (Å²) >= 11 is 0. The topological polar surface area (TPSA) is 74.3 Å². The molecule has 0 saturated heterocycles. The Bertz CT molecular complexity index is 1090. The highest BCUT2D eigenvalue weighted by Gasteiger charge is 2.67. The first-order valence-electron chi connectivity index (χ1n) is 11.8. The Kier molecular flexibility index (Phi) is 8.38. The Hall–Kier alpha value is -3.01. The zero-order valence-corrected chi connectivity index (χ0v) is 20.9. The Balaban J connectivity index is 1.71. The monoisotopic (exact) mass is 508 g/mol. The number of aromatic nitrogens is 1. The van der Waals surface area contributed by atoms with Crippen LogP contribution in [0.25, 0.3) is 0 Å². The second kappa shape index (κ2) is 10.9. The van der Waals surface area contributed by atoms with Gasteiger partial charge in [0.05, 0.1) is 11.0 Å². The number of benzene rings is 1. The van der Waals surface area contributed by atoms with Crippen LogP contribution in [0.3, 0.4) is 0 Å². The van der Waals surface area contributed by atoms with E-state index in [4.69, 9.17) is 0 Å². The molecule has 10 heteroatoms. The summed E-state index contributed by atoms with van der Waals surface area (Å²) in [6.45, 7) is 1.76. The Morgan fingerprint density at radius 1 is 1.19 bits per heavy atom. The number of nitrogens with one attached hydrogen (secondary N) is 2. The minimum Gasteiger partial charge on any atom is -0.355 e. The number of amides is 2. The van der Waals surface area contributed by atoms with Gasteiger partial charge in [0.15, 0.2) is 0 Å². The van der Waals surface area contributed by atoms with E-state index in [-0.39, 0.29) is 37.4 Å². The minimum atomic E-state index is -4.41. The van der Waals surface area contributed by atoms with Crippen LogP contribution in [0.4, 0.5) is 17.6 Å². The molecule has 2 amide bonds. The number of pyridine rings is 1. The molecule has 2 aromatic rings. The fraction of sp³-hybridized carbons (Fsp3) is 0.500. The molecule has 3 rings (SSSR count). The van der Waals surface area contributed by atoms with Crippen molar-refractivity contribution in [2.75, 3.05) is 27.7 Å². The number of carbonyl (C=O) groups is 2. The van der Waals surface area contributed by atoms with Crippen molar-refractivity contribution < 1.29 is 27.2 Å². The summed E-state index contributed by atoms with van der Waals surface area (Å²) in [4.78, 5) is 30.5. The molecule has 0 radical (unpaired) electrons. The summed E-state index contributed by atoms with van der Waals surface area (Å²) in [6.07, 6.45) is -1.49. The first-order valence-corrected chi connectivity index (χ1v) is 11.8. The maximum absolute atomic E-state index is 14.7. The van der Waals surface area contributed by atoms with Gasteiger partial charge in [-0.3, -0.25) is 14.6 Å². The van der Waals surface area contributed by atoms with Crippen LogP contribution in [0.2, 0.25) is 0 Å². The average molecular weight is 509 g/mol. The van der Waals surface area contributed by atoms with Crippen LogP contribution in [-0.4, -0.2) is 61.6 Å². The van der Waals surface area contributed by atoms with Crippen molar-refractivity contribution in [2.45, 2.75) is 50.7 Å². The Morgan fingerprint density at radius 2 is 1.89 bits per heavy atom. The van der Waals surface area contributed by atoms with E-state index < -0.39 is 35.1 Å². The van der Waals surface area contributed by atoms with Gasteiger partial charge in [-0.25, -0.2) is 4.39 Å². The molecule has 0 unspecified atom stereocenters. The van der Waals surface area contributed by atoms with Crippen molar-refractivity contribution in [3.63, 3.8) is 0 Å². The molecule has 2 N–H and O–H groups in total. The fourth-order valence-corrected chi connectivity index (χ4v) is 4.62. The van der Waals surface area contributed by atoms with Crippen LogP contribution in [0.15, 0.2) is 36.7 Å². The molecule has 36 heavy (non-hydrogen) atoms. The smallest absolute Gasteiger partial charge is 0.355 e. The number of rotatable bonds is 10. The maximum Gasteiger partial charge on any atom is 0.395 e. The first-order chi connectivity index (χ1) is 16.9. The quantitative estimate of drug-likeness (QED) is 0.476. The van der Waals surface area contributed by atoms with Crippen molar-refractivity contribution in [1.29, 1.82) is 0 Å². The van der Waals surface area contributed by atoms with Gasteiger partial charge in [0.25, 0.3) is 5.91 Å². The van der Waals surface area contributed by atoms with Crippen molar-refractivity contribution in [2.24, 2.45) is 5.41 Å². The van der Waals surface area contributed by atoms with Crippen molar-refractivity contribution >= 4 is 11.8 Å². The summed E-state index contributed by atoms with van der Waals surface area (Å²) in [5, 5.41) is 5.19. The summed E-state index contributed by atoms with van der Waals surface area (Å²) < 4.78 is 56.4. The molecule has 2 atom stereocenters. The van der Waals surface area contributed by atoms with E-state index in [9.17, 15) is 27.2 Å². The molecule has 0 spiro atoms. The van der Waals surface area contributed by atoms with E-state index in [0.717, 1.165) is 0 Å². The predicted octanol–water partition coefficient (Wildman–Crippen LogP) is 3.99. The molecule has 0 aliphatic heterocycles. The van der Waals surface area contributed by atoms with Crippen LogP contribution >= 0.6 is 0 Å². The summed E-state index contributed by atoms with van der Waals surface area (Å²) in [5.74, 6) is -2.62. The van der Waals surface area contributed by atoms with E-state index >= 15 is 0 Å². The number of alkyl halides is 3. The molecular formula is C26H32F4N4O2. The highest BCUT2D eigenvalue weighted by molar-refractivity contribution is 5.94. The minimum absolute atomic E-state index is 0.0133. The van der Waals surface area contributed by atoms with Crippen LogP contribution in [0.5, 0.6) is 0 Å². The van der Waals surface area contributed by atoms with Crippen molar-refractivity contribution in [3.8, 4) is 0 Å². The van der Waals surface area contributed by atoms with Crippen LogP contribution in [-0.2, 0) is 11.2 Å². The van der Waals surface area contributed by atoms with E-state index in [1.54, 1.807) is 25.1 Å². The van der Waals surface area contributed by atoms with E-state index in [1.807, 2.05) is 19.0 Å². The highest BCUT2D eigenvalue weighted by atomic mass is 19.4. The van der Waals surface area contributed by atoms with Crippen LogP contribution in [0, 0.1) is 18.2 Å². The second-order valence-corrected chi connectivity index (χ2v) is 9.61. The summed E-state index contributed by atoms with van der Waals surface area (Å²) in [6, 6.07) is 6.02. The SMILES string of the molecule is CNC(=O)c1ccc(C[C@@H](CNC(=O)C[C@@H](c2cccnc2)C2(C(F)(F)F)CC2)N(C)C)c(C)c1F. The fourth-order valence-electron chi connectivity index (χ4n) is 4.62. The van der Waals surface area contributed by atoms with E-state index in [2.05, 4.69) is 15.6 Å². The molecule has 1 fully saturated rings. The molecule has 1 aromatic heterocycles. The molecule has 0 bridgehead atoms. The van der Waals surface area contributed by atoms with Gasteiger partial charge in [0.1, 0.15) is 5.82 Å². The lowest BCUT2D eigenvalue weighted by Gasteiger charge is -2.30. The number of likely N-dealkylation sites (N-methyl/N-ethyl adjacent to an activating group) is 1. The van der Waals surface area contributed by atoms with Gasteiger partial charge in [0, 0.05) is 44.4 Å². The standard InChI is InChI=1S/C26H32F4N4O2/c1-16-17(7-8-20(23(16)27)24(36)31-2)12-19(34(3)4)15-33-22(35)13-21(18-6-5-11-32-14-18)25(9-10-25)26(28,29)30/h5-8,11,14,19,21H,9-10,12-13,15H2,1-4H3,(H,31,36)(H,33,35)/t19-,21-/m0/s1. The van der Waals surface area contributed by atoms with Crippen molar-refractivity contribution in [3.05, 3.63) is 64.7 Å². The lowest BCUT2D eigenvalue weighted by molar-refractivity contribution is -0.194. The lowest BCUT2D eigenvalue weighted by atomic mass is 9.80. The van der Waals surface area contributed by atoms with Crippen LogP contribution in [0.1, 0.15) is 52.2 Å². The molecular weight excluding hydrogens is 476 g/mol. The van der Waals surface area contributed by atoms with E-state index in [0.29, 0.717) is 23.1 Å². The largest absolute Gasteiger partial charge is 0.395 e. The van der Waals surface area contributed by atoms with Gasteiger partial charge >= 0.3 is 6.18 Å². The third-order valence-corrected chi connectivity index (χ3v) is 7.19. The lowest BCUT2D eigenvalue weighted by Crippen LogP contribution is -2.43. The molecule has 196 valence electrons. The van der Waals surface area contributed by atoms with Gasteiger partial charge in [-0.05, 0) is 69.1 Å². The van der Waals surface area contributed by atoms with Gasteiger partial charge < -0.3 is 15.5 Å². The first kappa shape index (κ1) is 27.6. The van der Waals surface area contributed by atoms with Gasteiger partial charge in [-0.2, -0.15) is 13.2 Å². The zero-order valence-electron chi connectivity index (χ0n) is 20.9. The third-order valence-electron chi connectivity index (χ3n) is 7.19. The Morgan fingerprint density at radius 3 is 2.42 bits per heavy atom. The summed E-state index contributed by atoms with van der Waals surface area (Å²) in [7, 11) is 5.04. The number of nitrogens with zero attached hydrogens (tertiary/aromatic N) is 2. The average Bonchev–Trinajstić information content (AvgIpc) is 3.65. The Labute approximate surface area is 208 Å². The maximum atomic E-state index is 14.7. The molecule has 6 nitrogen and oxygen atoms in total. The molecule has 1 saturated carbocycles. The predicted molar refractivity (Wildman–Crippen MR) is 128 cm³/mol. The third kappa shape index (κ3) is 5.86. The van der Waals surface area contributed by atoms with E-state index in [1.165, 1.54) is 25.5 Å². The number of hydrogen-bond acceptors (Lipinski definition) is 4. The van der Waals surface area contributed by atoms with Gasteiger partial charge in [-0.1, -0.05) is 12.1 Å².